The molecule has 10 rings (SSSR count). The molecular formula is C46H29NOS. The van der Waals surface area contributed by atoms with Crippen molar-refractivity contribution >= 4 is 59.3 Å². The molecule has 0 unspecified atom stereocenters. The molecule has 230 valence electrons. The summed E-state index contributed by atoms with van der Waals surface area (Å²) < 4.78 is 9.43. The first kappa shape index (κ1) is 27.9. The average molecular weight is 644 g/mol. The minimum absolute atomic E-state index is 0.857. The van der Waals surface area contributed by atoms with E-state index in [0.717, 1.165) is 50.6 Å². The topological polar surface area (TPSA) is 12.5 Å². The highest BCUT2D eigenvalue weighted by molar-refractivity contribution is 7.25. The first-order valence-corrected chi connectivity index (χ1v) is 17.4. The zero-order valence-corrected chi connectivity index (χ0v) is 27.3. The Labute approximate surface area is 288 Å². The van der Waals surface area contributed by atoms with Crippen LogP contribution in [0.2, 0.25) is 0 Å². The second kappa shape index (κ2) is 11.2. The van der Waals surface area contributed by atoms with Crippen molar-refractivity contribution in [3.63, 3.8) is 0 Å². The maximum atomic E-state index is 6.84. The Bertz CT molecular complexity index is 2670. The Morgan fingerprint density at radius 3 is 1.90 bits per heavy atom. The molecule has 0 atom stereocenters. The highest BCUT2D eigenvalue weighted by Gasteiger charge is 2.26. The van der Waals surface area contributed by atoms with E-state index in [4.69, 9.17) is 4.74 Å². The summed E-state index contributed by atoms with van der Waals surface area (Å²) in [6.07, 6.45) is 0. The zero-order valence-electron chi connectivity index (χ0n) is 26.5. The molecule has 2 heterocycles. The van der Waals surface area contributed by atoms with Crippen molar-refractivity contribution in [3.05, 3.63) is 176 Å². The van der Waals surface area contributed by atoms with E-state index in [-0.39, 0.29) is 0 Å². The lowest BCUT2D eigenvalue weighted by atomic mass is 9.88. The molecule has 0 saturated heterocycles. The summed E-state index contributed by atoms with van der Waals surface area (Å²) >= 11 is 1.84. The van der Waals surface area contributed by atoms with Crippen LogP contribution >= 0.6 is 11.3 Å². The third kappa shape index (κ3) is 4.62. The van der Waals surface area contributed by atoms with E-state index < -0.39 is 0 Å². The van der Waals surface area contributed by atoms with Gasteiger partial charge in [0.05, 0.1) is 5.69 Å². The van der Waals surface area contributed by atoms with Crippen molar-refractivity contribution in [1.82, 2.24) is 0 Å². The first-order valence-electron chi connectivity index (χ1n) is 16.6. The Morgan fingerprint density at radius 2 is 1.08 bits per heavy atom. The predicted molar refractivity (Wildman–Crippen MR) is 208 cm³/mol. The molecule has 0 N–H and O–H groups in total. The molecular weight excluding hydrogens is 615 g/mol. The number of benzene rings is 8. The van der Waals surface area contributed by atoms with Gasteiger partial charge >= 0.3 is 0 Å². The van der Waals surface area contributed by atoms with Crippen molar-refractivity contribution in [2.24, 2.45) is 0 Å². The van der Waals surface area contributed by atoms with Gasteiger partial charge in [0.2, 0.25) is 0 Å². The molecule has 3 heteroatoms. The minimum Gasteiger partial charge on any atom is -0.456 e. The van der Waals surface area contributed by atoms with Gasteiger partial charge in [-0.05, 0) is 81.7 Å². The lowest BCUT2D eigenvalue weighted by Gasteiger charge is -2.30. The average Bonchev–Trinajstić information content (AvgIpc) is 3.54. The Hall–Kier alpha value is -6.16. The van der Waals surface area contributed by atoms with Crippen LogP contribution in [0.5, 0.6) is 11.5 Å². The van der Waals surface area contributed by atoms with Crippen LogP contribution in [0, 0.1) is 0 Å². The van der Waals surface area contributed by atoms with Gasteiger partial charge in [-0.1, -0.05) is 121 Å². The van der Waals surface area contributed by atoms with Gasteiger partial charge in [0, 0.05) is 48.6 Å². The van der Waals surface area contributed by atoms with Crippen LogP contribution in [0.3, 0.4) is 0 Å². The van der Waals surface area contributed by atoms with Crippen LogP contribution in [-0.4, -0.2) is 0 Å². The Balaban J connectivity index is 1.23. The molecule has 8 aromatic carbocycles. The molecule has 1 aliphatic rings. The van der Waals surface area contributed by atoms with E-state index in [1.807, 2.05) is 11.3 Å². The fraction of sp³-hybridized carbons (Fsp3) is 0. The maximum Gasteiger partial charge on any atom is 0.138 e. The molecule has 2 nitrogen and oxygen atoms in total. The first-order chi connectivity index (χ1) is 24.3. The van der Waals surface area contributed by atoms with Crippen molar-refractivity contribution in [2.45, 2.75) is 0 Å². The SMILES string of the molecule is c1ccc(-c2ccc(N(c3cc4c(c(-c5ccccc5)c3)-c3cccc5cccc(c35)O4)c3ccc4sc5ccccc5c4c3)cc2)cc1. The number of rotatable bonds is 5. The minimum atomic E-state index is 0.857. The Morgan fingerprint density at radius 1 is 0.408 bits per heavy atom. The maximum absolute atomic E-state index is 6.84. The summed E-state index contributed by atoms with van der Waals surface area (Å²) in [6, 6.07) is 63.2. The van der Waals surface area contributed by atoms with E-state index in [0.29, 0.717) is 0 Å². The van der Waals surface area contributed by atoms with E-state index in [1.54, 1.807) is 0 Å². The lowest BCUT2D eigenvalue weighted by Crippen LogP contribution is -2.11. The van der Waals surface area contributed by atoms with E-state index in [1.165, 1.54) is 42.2 Å². The number of fused-ring (bicyclic) bond motifs is 5. The van der Waals surface area contributed by atoms with Gasteiger partial charge in [0.15, 0.2) is 0 Å². The smallest absolute Gasteiger partial charge is 0.138 e. The number of hydrogen-bond acceptors (Lipinski definition) is 3. The summed E-state index contributed by atoms with van der Waals surface area (Å²) in [6.45, 7) is 0. The fourth-order valence-electron chi connectivity index (χ4n) is 7.39. The lowest BCUT2D eigenvalue weighted by molar-refractivity contribution is 0.487. The van der Waals surface area contributed by atoms with Crippen molar-refractivity contribution in [3.8, 4) is 44.9 Å². The van der Waals surface area contributed by atoms with Crippen LogP contribution in [0.15, 0.2) is 176 Å². The highest BCUT2D eigenvalue weighted by Crippen LogP contribution is 2.53. The number of nitrogens with zero attached hydrogens (tertiary/aromatic N) is 1. The van der Waals surface area contributed by atoms with Gasteiger partial charge in [-0.15, -0.1) is 11.3 Å². The molecule has 0 amide bonds. The fourth-order valence-corrected chi connectivity index (χ4v) is 8.47. The van der Waals surface area contributed by atoms with Gasteiger partial charge in [-0.25, -0.2) is 0 Å². The van der Waals surface area contributed by atoms with Crippen LogP contribution in [0.4, 0.5) is 17.1 Å². The molecule has 0 saturated carbocycles. The Kier molecular flexibility index (Phi) is 6.39. The van der Waals surface area contributed by atoms with Crippen molar-refractivity contribution in [1.29, 1.82) is 0 Å². The summed E-state index contributed by atoms with van der Waals surface area (Å²) in [5, 5.41) is 4.89. The molecule has 0 bridgehead atoms. The quantitative estimate of drug-likeness (QED) is 0.185. The van der Waals surface area contributed by atoms with Crippen LogP contribution in [0.25, 0.3) is 64.3 Å². The zero-order chi connectivity index (χ0) is 32.3. The number of hydrogen-bond donors (Lipinski definition) is 0. The monoisotopic (exact) mass is 643 g/mol. The largest absolute Gasteiger partial charge is 0.456 e. The predicted octanol–water partition coefficient (Wildman–Crippen LogP) is 13.8. The van der Waals surface area contributed by atoms with Crippen LogP contribution < -0.4 is 9.64 Å². The third-order valence-electron chi connectivity index (χ3n) is 9.64. The number of ether oxygens (including phenoxy) is 1. The molecule has 49 heavy (non-hydrogen) atoms. The van der Waals surface area contributed by atoms with Gasteiger partial charge in [0.25, 0.3) is 0 Å². The molecule has 1 aromatic heterocycles. The van der Waals surface area contributed by atoms with Crippen molar-refractivity contribution < 1.29 is 4.74 Å². The standard InChI is InChI=1S/C46H29NOS/c1-3-11-30(12-4-1)31-21-23-34(24-22-31)47(35-25-26-44-40(27-35)37-17-7-8-20-43(37)49-44)36-28-39(32-13-5-2-6-14-32)46-38-18-9-15-33-16-10-19-41(45(33)38)48-42(46)29-36/h1-29H. The third-order valence-corrected chi connectivity index (χ3v) is 10.8. The van der Waals surface area contributed by atoms with Gasteiger partial charge in [-0.2, -0.15) is 0 Å². The molecule has 0 radical (unpaired) electrons. The van der Waals surface area contributed by atoms with Gasteiger partial charge < -0.3 is 9.64 Å². The van der Waals surface area contributed by atoms with E-state index in [2.05, 4.69) is 181 Å². The number of thiophene rings is 1. The normalized spacial score (nSPS) is 11.8. The van der Waals surface area contributed by atoms with E-state index >= 15 is 0 Å². The van der Waals surface area contributed by atoms with Gasteiger partial charge in [-0.3, -0.25) is 0 Å². The molecule has 0 spiro atoms. The summed E-state index contributed by atoms with van der Waals surface area (Å²) in [7, 11) is 0. The summed E-state index contributed by atoms with van der Waals surface area (Å²) in [4.78, 5) is 2.37. The second-order valence-corrected chi connectivity index (χ2v) is 13.6. The van der Waals surface area contributed by atoms with E-state index in [9.17, 15) is 0 Å². The van der Waals surface area contributed by atoms with Crippen LogP contribution in [-0.2, 0) is 0 Å². The second-order valence-electron chi connectivity index (χ2n) is 12.5. The van der Waals surface area contributed by atoms with Gasteiger partial charge in [0.1, 0.15) is 11.5 Å². The molecule has 0 fully saturated rings. The van der Waals surface area contributed by atoms with Crippen molar-refractivity contribution in [2.75, 3.05) is 4.90 Å². The molecule has 0 aliphatic carbocycles. The van der Waals surface area contributed by atoms with Crippen LogP contribution in [0.1, 0.15) is 0 Å². The highest BCUT2D eigenvalue weighted by atomic mass is 32.1. The molecule has 1 aliphatic heterocycles. The molecule has 9 aromatic rings. The summed E-state index contributed by atoms with van der Waals surface area (Å²) in [5.74, 6) is 1.75. The summed E-state index contributed by atoms with van der Waals surface area (Å²) in [5.41, 5.74) is 10.2. The number of anilines is 3.